The predicted octanol–water partition coefficient (Wildman–Crippen LogP) is -0.192. The van der Waals surface area contributed by atoms with E-state index < -0.39 is 0 Å². The number of nitrogen functional groups attached to an aromatic ring is 1. The van der Waals surface area contributed by atoms with Crippen molar-refractivity contribution in [3.05, 3.63) is 18.5 Å². The maximum absolute atomic E-state index is 5.32. The van der Waals surface area contributed by atoms with E-state index in [0.29, 0.717) is 36.2 Å². The summed E-state index contributed by atoms with van der Waals surface area (Å²) in [6.07, 6.45) is 3.32. The highest BCUT2D eigenvalue weighted by atomic mass is 16.5. The zero-order valence-corrected chi connectivity index (χ0v) is 9.75. The van der Waals surface area contributed by atoms with E-state index >= 15 is 0 Å². The Labute approximate surface area is 103 Å². The molecule has 0 aromatic carbocycles. The number of rotatable bonds is 6. The number of aromatic nitrogens is 4. The smallest absolute Gasteiger partial charge is 0.228 e. The quantitative estimate of drug-likeness (QED) is 0.473. The van der Waals surface area contributed by atoms with Crippen LogP contribution < -0.4 is 21.3 Å². The van der Waals surface area contributed by atoms with E-state index in [9.17, 15) is 0 Å². The molecule has 4 N–H and O–H groups in total. The van der Waals surface area contributed by atoms with E-state index in [1.165, 1.54) is 19.8 Å². The summed E-state index contributed by atoms with van der Waals surface area (Å²) in [4.78, 5) is 11.9. The number of nitrogens with zero attached hydrogens (tertiary/aromatic N) is 4. The Bertz CT molecular complexity index is 488. The van der Waals surface area contributed by atoms with Gasteiger partial charge in [-0.25, -0.2) is 15.8 Å². The molecule has 0 aliphatic rings. The van der Waals surface area contributed by atoms with Gasteiger partial charge in [-0.1, -0.05) is 5.16 Å². The second-order valence-electron chi connectivity index (χ2n) is 3.26. The second kappa shape index (κ2) is 5.77. The minimum Gasteiger partial charge on any atom is -0.490 e. The number of hydrogen-bond acceptors (Lipinski definition) is 9. The van der Waals surface area contributed by atoms with E-state index in [2.05, 4.69) is 30.9 Å². The molecular formula is C9H13N7O2. The van der Waals surface area contributed by atoms with Gasteiger partial charge in [0.25, 0.3) is 0 Å². The molecule has 0 saturated carbocycles. The van der Waals surface area contributed by atoms with Crippen LogP contribution in [0, 0.1) is 0 Å². The molecule has 0 fully saturated rings. The van der Waals surface area contributed by atoms with Gasteiger partial charge >= 0.3 is 0 Å². The summed E-state index contributed by atoms with van der Waals surface area (Å²) in [5, 5.41) is 6.60. The summed E-state index contributed by atoms with van der Waals surface area (Å²) in [6.45, 7) is 0.569. The van der Waals surface area contributed by atoms with Gasteiger partial charge in [0.2, 0.25) is 11.6 Å². The Morgan fingerprint density at radius 1 is 1.28 bits per heavy atom. The van der Waals surface area contributed by atoms with Gasteiger partial charge in [0.05, 0.1) is 7.11 Å². The normalized spacial score (nSPS) is 10.1. The van der Waals surface area contributed by atoms with Gasteiger partial charge in [0.1, 0.15) is 6.33 Å². The summed E-state index contributed by atoms with van der Waals surface area (Å²) < 4.78 is 10.0. The number of ether oxygens (including phenoxy) is 1. The monoisotopic (exact) mass is 251 g/mol. The van der Waals surface area contributed by atoms with Crippen LogP contribution in [0.5, 0.6) is 5.75 Å². The molecule has 0 aliphatic heterocycles. The Hall–Kier alpha value is -2.42. The first kappa shape index (κ1) is 12.0. The third-order valence-corrected chi connectivity index (χ3v) is 2.18. The van der Waals surface area contributed by atoms with Gasteiger partial charge in [-0.05, 0) is 0 Å². The van der Waals surface area contributed by atoms with Crippen LogP contribution in [0.2, 0.25) is 0 Å². The molecule has 2 aromatic rings. The van der Waals surface area contributed by atoms with Crippen molar-refractivity contribution in [1.82, 2.24) is 20.1 Å². The van der Waals surface area contributed by atoms with Crippen LogP contribution >= 0.6 is 0 Å². The third kappa shape index (κ3) is 2.63. The topological polar surface area (TPSA) is 124 Å². The largest absolute Gasteiger partial charge is 0.490 e. The Morgan fingerprint density at radius 3 is 2.78 bits per heavy atom. The van der Waals surface area contributed by atoms with Crippen LogP contribution in [0.15, 0.2) is 17.2 Å². The van der Waals surface area contributed by atoms with Crippen LogP contribution in [-0.2, 0) is 6.42 Å². The number of nitrogens with two attached hydrogens (primary N) is 1. The van der Waals surface area contributed by atoms with Crippen LogP contribution in [0.4, 0.5) is 11.6 Å². The maximum Gasteiger partial charge on any atom is 0.228 e. The molecule has 0 radical (unpaired) electrons. The molecule has 0 amide bonds. The van der Waals surface area contributed by atoms with E-state index in [-0.39, 0.29) is 0 Å². The highest BCUT2D eigenvalue weighted by Gasteiger charge is 2.10. The molecule has 0 aliphatic carbocycles. The number of hydrogen-bond donors (Lipinski definition) is 3. The molecule has 9 heteroatoms. The molecule has 0 unspecified atom stereocenters. The molecule has 0 bridgehead atoms. The average Bonchev–Trinajstić information content (AvgIpc) is 2.91. The lowest BCUT2D eigenvalue weighted by Crippen LogP contribution is -2.13. The highest BCUT2D eigenvalue weighted by Crippen LogP contribution is 2.27. The van der Waals surface area contributed by atoms with E-state index in [4.69, 9.17) is 15.1 Å². The SMILES string of the molecule is COc1c(NN)ncnc1NCCc1ncno1. The second-order valence-corrected chi connectivity index (χ2v) is 3.26. The molecule has 2 rings (SSSR count). The van der Waals surface area contributed by atoms with Gasteiger partial charge in [0.15, 0.2) is 18.0 Å². The molecule has 0 atom stereocenters. The fraction of sp³-hybridized carbons (Fsp3) is 0.333. The summed E-state index contributed by atoms with van der Waals surface area (Å²) >= 11 is 0. The number of hydrazine groups is 1. The van der Waals surface area contributed by atoms with Gasteiger partial charge in [-0.15, -0.1) is 0 Å². The fourth-order valence-electron chi connectivity index (χ4n) is 1.39. The fourth-order valence-corrected chi connectivity index (χ4v) is 1.39. The highest BCUT2D eigenvalue weighted by molar-refractivity contribution is 5.62. The molecule has 0 saturated heterocycles. The first-order valence-electron chi connectivity index (χ1n) is 5.20. The molecule has 2 heterocycles. The first-order valence-corrected chi connectivity index (χ1v) is 5.20. The van der Waals surface area contributed by atoms with E-state index in [1.807, 2.05) is 0 Å². The molecule has 96 valence electrons. The molecule has 0 spiro atoms. The van der Waals surface area contributed by atoms with Gasteiger partial charge < -0.3 is 20.0 Å². The minimum atomic E-state index is 0.410. The van der Waals surface area contributed by atoms with Crippen molar-refractivity contribution in [3.63, 3.8) is 0 Å². The number of anilines is 2. The van der Waals surface area contributed by atoms with Crippen LogP contribution in [-0.4, -0.2) is 33.8 Å². The standard InChI is InChI=1S/C9H13N7O2/c1-17-7-8(13-4-14-9(7)16-10)11-3-2-6-12-5-15-18-6/h4-5H,2-3,10H2,1H3,(H2,11,13,14,16). The van der Waals surface area contributed by atoms with Crippen molar-refractivity contribution in [1.29, 1.82) is 0 Å². The Balaban J connectivity index is 2.00. The first-order chi connectivity index (χ1) is 8.85. The minimum absolute atomic E-state index is 0.410. The molecule has 18 heavy (non-hydrogen) atoms. The summed E-state index contributed by atoms with van der Waals surface area (Å²) in [5.74, 6) is 7.27. The molecular weight excluding hydrogens is 238 g/mol. The average molecular weight is 251 g/mol. The Morgan fingerprint density at radius 2 is 2.11 bits per heavy atom. The van der Waals surface area contributed by atoms with Crippen molar-refractivity contribution >= 4 is 11.6 Å². The van der Waals surface area contributed by atoms with Gasteiger partial charge in [-0.2, -0.15) is 4.98 Å². The zero-order valence-electron chi connectivity index (χ0n) is 9.75. The third-order valence-electron chi connectivity index (χ3n) is 2.18. The molecule has 2 aromatic heterocycles. The summed E-state index contributed by atoms with van der Waals surface area (Å²) in [5.41, 5.74) is 2.43. The summed E-state index contributed by atoms with van der Waals surface area (Å²) in [6, 6.07) is 0. The van der Waals surface area contributed by atoms with Crippen molar-refractivity contribution in [2.75, 3.05) is 24.4 Å². The van der Waals surface area contributed by atoms with Crippen molar-refractivity contribution in [2.45, 2.75) is 6.42 Å². The summed E-state index contributed by atoms with van der Waals surface area (Å²) in [7, 11) is 1.52. The van der Waals surface area contributed by atoms with Crippen molar-refractivity contribution < 1.29 is 9.26 Å². The van der Waals surface area contributed by atoms with Crippen molar-refractivity contribution in [3.8, 4) is 5.75 Å². The lowest BCUT2D eigenvalue weighted by molar-refractivity contribution is 0.379. The molecule has 9 nitrogen and oxygen atoms in total. The van der Waals surface area contributed by atoms with E-state index in [1.54, 1.807) is 0 Å². The van der Waals surface area contributed by atoms with Crippen molar-refractivity contribution in [2.24, 2.45) is 5.84 Å². The lowest BCUT2D eigenvalue weighted by atomic mass is 10.4. The van der Waals surface area contributed by atoms with Crippen LogP contribution in [0.3, 0.4) is 0 Å². The maximum atomic E-state index is 5.32. The Kier molecular flexibility index (Phi) is 3.86. The van der Waals surface area contributed by atoms with Gasteiger partial charge in [0, 0.05) is 13.0 Å². The number of methoxy groups -OCH3 is 1. The van der Waals surface area contributed by atoms with E-state index in [0.717, 1.165) is 0 Å². The van der Waals surface area contributed by atoms with Crippen LogP contribution in [0.25, 0.3) is 0 Å². The van der Waals surface area contributed by atoms with Crippen LogP contribution in [0.1, 0.15) is 5.89 Å². The number of nitrogens with one attached hydrogen (secondary N) is 2. The van der Waals surface area contributed by atoms with Gasteiger partial charge in [-0.3, -0.25) is 0 Å². The predicted molar refractivity (Wildman–Crippen MR) is 62.9 cm³/mol. The lowest BCUT2D eigenvalue weighted by Gasteiger charge is -2.11. The zero-order chi connectivity index (χ0) is 12.8.